The van der Waals surface area contributed by atoms with Gasteiger partial charge in [0, 0.05) is 25.7 Å². The van der Waals surface area contributed by atoms with Gasteiger partial charge in [-0.3, -0.25) is 4.79 Å². The number of hydrogen-bond acceptors (Lipinski definition) is 4. The van der Waals surface area contributed by atoms with Gasteiger partial charge in [0.05, 0.1) is 13.2 Å². The molecule has 1 unspecified atom stereocenters. The van der Waals surface area contributed by atoms with Crippen LogP contribution >= 0.6 is 0 Å². The van der Waals surface area contributed by atoms with Gasteiger partial charge in [0.2, 0.25) is 0 Å². The molecule has 5 nitrogen and oxygen atoms in total. The molecule has 1 rings (SSSR count). The fraction of sp³-hybridized carbons (Fsp3) is 0.500. The van der Waals surface area contributed by atoms with Gasteiger partial charge in [-0.25, -0.2) is 0 Å². The molecule has 2 atom stereocenters. The van der Waals surface area contributed by atoms with Crippen LogP contribution in [0.25, 0.3) is 0 Å². The molecule has 0 radical (unpaired) electrons. The van der Waals surface area contributed by atoms with Crippen LogP contribution in [-0.2, 0) is 4.79 Å². The van der Waals surface area contributed by atoms with Gasteiger partial charge in [0.25, 0.3) is 5.91 Å². The predicted octanol–water partition coefficient (Wildman–Crippen LogP) is 1.60. The molecule has 0 saturated carbocycles. The number of aliphatic hydroxyl groups excluding tert-OH is 1. The molecule has 1 aromatic carbocycles. The Hall–Kier alpha value is -1.75. The number of rotatable bonds is 5. The van der Waals surface area contributed by atoms with Crippen LogP contribution in [0.4, 0.5) is 0 Å². The maximum absolute atomic E-state index is 11.8. The van der Waals surface area contributed by atoms with E-state index in [1.807, 2.05) is 0 Å². The van der Waals surface area contributed by atoms with Crippen molar-refractivity contribution in [1.82, 2.24) is 4.90 Å². The van der Waals surface area contributed by atoms with Crippen LogP contribution in [0.2, 0.25) is 0 Å². The van der Waals surface area contributed by atoms with Crippen molar-refractivity contribution in [3.05, 3.63) is 23.8 Å². The number of hydrogen-bond donors (Lipinski definition) is 1. The molecule has 0 heterocycles. The van der Waals surface area contributed by atoms with Gasteiger partial charge in [-0.1, -0.05) is 0 Å². The number of benzene rings is 1. The molecule has 0 aromatic heterocycles. The summed E-state index contributed by atoms with van der Waals surface area (Å²) in [4.78, 5) is 13.3. The third kappa shape index (κ3) is 3.86. The van der Waals surface area contributed by atoms with Crippen molar-refractivity contribution in [1.29, 1.82) is 0 Å². The van der Waals surface area contributed by atoms with E-state index in [4.69, 9.17) is 9.47 Å². The van der Waals surface area contributed by atoms with E-state index >= 15 is 0 Å². The summed E-state index contributed by atoms with van der Waals surface area (Å²) in [6.07, 6.45) is -1.30. The van der Waals surface area contributed by atoms with E-state index in [9.17, 15) is 9.90 Å². The quantitative estimate of drug-likeness (QED) is 0.880. The fourth-order valence-corrected chi connectivity index (χ4v) is 1.69. The third-order valence-electron chi connectivity index (χ3n) is 2.76. The lowest BCUT2D eigenvalue weighted by Gasteiger charge is -2.21. The van der Waals surface area contributed by atoms with Gasteiger partial charge in [-0.05, 0) is 26.0 Å². The van der Waals surface area contributed by atoms with Crippen molar-refractivity contribution in [2.45, 2.75) is 26.1 Å². The summed E-state index contributed by atoms with van der Waals surface area (Å²) < 4.78 is 10.8. The van der Waals surface area contributed by atoms with Gasteiger partial charge in [0.1, 0.15) is 11.5 Å². The van der Waals surface area contributed by atoms with Gasteiger partial charge < -0.3 is 19.5 Å². The van der Waals surface area contributed by atoms with Crippen LogP contribution in [0.5, 0.6) is 11.5 Å². The summed E-state index contributed by atoms with van der Waals surface area (Å²) in [5, 5.41) is 9.71. The zero-order chi connectivity index (χ0) is 14.6. The highest BCUT2D eigenvalue weighted by molar-refractivity contribution is 5.80. The molecule has 19 heavy (non-hydrogen) atoms. The molecule has 0 aliphatic heterocycles. The summed E-state index contributed by atoms with van der Waals surface area (Å²) in [6, 6.07) is 5.14. The standard InChI is InChI=1S/C14H21NO4/c1-9(16)12-7-6-11(18-5)8-13(12)19-10(2)14(17)15(3)4/h6-10,16H,1-5H3/t9-,10?/m0/s1. The second kappa shape index (κ2) is 6.43. The van der Waals surface area contributed by atoms with Crippen molar-refractivity contribution in [3.63, 3.8) is 0 Å². The Labute approximate surface area is 113 Å². The first kappa shape index (κ1) is 15.3. The van der Waals surface area contributed by atoms with Gasteiger partial charge >= 0.3 is 0 Å². The Morgan fingerprint density at radius 2 is 1.95 bits per heavy atom. The van der Waals surface area contributed by atoms with Crippen LogP contribution in [0.1, 0.15) is 25.5 Å². The van der Waals surface area contributed by atoms with Crippen LogP contribution in [0.15, 0.2) is 18.2 Å². The summed E-state index contributed by atoms with van der Waals surface area (Å²) in [5.41, 5.74) is 0.624. The largest absolute Gasteiger partial charge is 0.497 e. The third-order valence-corrected chi connectivity index (χ3v) is 2.76. The number of likely N-dealkylation sites (N-methyl/N-ethyl adjacent to an activating group) is 1. The first-order valence-electron chi connectivity index (χ1n) is 6.10. The van der Waals surface area contributed by atoms with Crippen molar-refractivity contribution >= 4 is 5.91 Å². The molecule has 0 aliphatic carbocycles. The van der Waals surface area contributed by atoms with Crippen LogP contribution < -0.4 is 9.47 Å². The zero-order valence-corrected chi connectivity index (χ0v) is 12.0. The Kier molecular flexibility index (Phi) is 5.18. The Morgan fingerprint density at radius 3 is 2.42 bits per heavy atom. The predicted molar refractivity (Wildman–Crippen MR) is 72.4 cm³/mol. The monoisotopic (exact) mass is 267 g/mol. The molecule has 0 saturated heterocycles. The number of aliphatic hydroxyl groups is 1. The van der Waals surface area contributed by atoms with E-state index in [0.717, 1.165) is 0 Å². The molecule has 0 fully saturated rings. The zero-order valence-electron chi connectivity index (χ0n) is 12.0. The minimum atomic E-state index is -0.678. The maximum atomic E-state index is 11.8. The molecule has 0 bridgehead atoms. The Bertz CT molecular complexity index is 443. The Morgan fingerprint density at radius 1 is 1.32 bits per heavy atom. The lowest BCUT2D eigenvalue weighted by Crippen LogP contribution is -2.35. The molecule has 5 heteroatoms. The lowest BCUT2D eigenvalue weighted by molar-refractivity contribution is -0.135. The van der Waals surface area contributed by atoms with Gasteiger partial charge in [0.15, 0.2) is 6.10 Å². The minimum Gasteiger partial charge on any atom is -0.497 e. The highest BCUT2D eigenvalue weighted by Gasteiger charge is 2.19. The maximum Gasteiger partial charge on any atom is 0.262 e. The molecular formula is C14H21NO4. The van der Waals surface area contributed by atoms with Crippen molar-refractivity contribution < 1.29 is 19.4 Å². The summed E-state index contributed by atoms with van der Waals surface area (Å²) in [5.74, 6) is 0.931. The second-order valence-corrected chi connectivity index (χ2v) is 4.57. The van der Waals surface area contributed by atoms with Crippen molar-refractivity contribution in [3.8, 4) is 11.5 Å². The lowest BCUT2D eigenvalue weighted by atomic mass is 10.1. The SMILES string of the molecule is COc1ccc([C@H](C)O)c(OC(C)C(=O)N(C)C)c1. The highest BCUT2D eigenvalue weighted by Crippen LogP contribution is 2.30. The van der Waals surface area contributed by atoms with E-state index in [1.165, 1.54) is 4.90 Å². The molecule has 1 N–H and O–H groups in total. The Balaban J connectivity index is 3.00. The number of ether oxygens (including phenoxy) is 2. The van der Waals surface area contributed by atoms with E-state index in [1.54, 1.807) is 53.3 Å². The van der Waals surface area contributed by atoms with E-state index in [-0.39, 0.29) is 5.91 Å². The highest BCUT2D eigenvalue weighted by atomic mass is 16.5. The molecule has 106 valence electrons. The molecule has 1 aromatic rings. The van der Waals surface area contributed by atoms with Crippen LogP contribution in [0, 0.1) is 0 Å². The smallest absolute Gasteiger partial charge is 0.262 e. The van der Waals surface area contributed by atoms with Crippen LogP contribution in [-0.4, -0.2) is 43.2 Å². The van der Waals surface area contributed by atoms with Crippen molar-refractivity contribution in [2.24, 2.45) is 0 Å². The number of carbonyl (C=O) groups excluding carboxylic acids is 1. The average molecular weight is 267 g/mol. The second-order valence-electron chi connectivity index (χ2n) is 4.57. The number of methoxy groups -OCH3 is 1. The number of amides is 1. The molecule has 0 spiro atoms. The number of nitrogens with zero attached hydrogens (tertiary/aromatic N) is 1. The van der Waals surface area contributed by atoms with E-state index < -0.39 is 12.2 Å². The van der Waals surface area contributed by atoms with Crippen LogP contribution in [0.3, 0.4) is 0 Å². The topological polar surface area (TPSA) is 59.0 Å². The summed E-state index contributed by atoms with van der Waals surface area (Å²) in [6.45, 7) is 3.32. The number of carbonyl (C=O) groups is 1. The van der Waals surface area contributed by atoms with Crippen molar-refractivity contribution in [2.75, 3.05) is 21.2 Å². The summed E-state index contributed by atoms with van der Waals surface area (Å²) in [7, 11) is 4.89. The minimum absolute atomic E-state index is 0.139. The first-order valence-corrected chi connectivity index (χ1v) is 6.10. The molecular weight excluding hydrogens is 246 g/mol. The van der Waals surface area contributed by atoms with E-state index in [0.29, 0.717) is 17.1 Å². The van der Waals surface area contributed by atoms with E-state index in [2.05, 4.69) is 0 Å². The van der Waals surface area contributed by atoms with Gasteiger partial charge in [-0.2, -0.15) is 0 Å². The molecule has 1 amide bonds. The molecule has 0 aliphatic rings. The summed E-state index contributed by atoms with van der Waals surface area (Å²) >= 11 is 0. The van der Waals surface area contributed by atoms with Gasteiger partial charge in [-0.15, -0.1) is 0 Å². The first-order chi connectivity index (χ1) is 8.86. The fourth-order valence-electron chi connectivity index (χ4n) is 1.69. The average Bonchev–Trinajstić information content (AvgIpc) is 2.36. The normalized spacial score (nSPS) is 13.6.